The highest BCUT2D eigenvalue weighted by Crippen LogP contribution is 2.67. The van der Waals surface area contributed by atoms with Gasteiger partial charge in [-0.15, -0.1) is 0 Å². The summed E-state index contributed by atoms with van der Waals surface area (Å²) >= 11 is 0. The van der Waals surface area contributed by atoms with Crippen molar-refractivity contribution in [1.29, 1.82) is 0 Å². The maximum atomic E-state index is 10.3. The Hall–Kier alpha value is -0.300. The van der Waals surface area contributed by atoms with Crippen molar-refractivity contribution in [1.82, 2.24) is 0 Å². The second-order valence-corrected chi connectivity index (χ2v) is 13.2. The minimum Gasteiger partial charge on any atom is -0.393 e. The molecule has 0 heterocycles. The van der Waals surface area contributed by atoms with Crippen molar-refractivity contribution in [3.05, 3.63) is 11.6 Å². The second-order valence-electron chi connectivity index (χ2n) is 13.2. The van der Waals surface area contributed by atoms with Crippen molar-refractivity contribution < 1.29 is 5.11 Å². The summed E-state index contributed by atoms with van der Waals surface area (Å²) in [5, 5.41) is 10.3. The lowest BCUT2D eigenvalue weighted by molar-refractivity contribution is -0.0573. The molecule has 1 heteroatoms. The minimum atomic E-state index is -0.0792. The summed E-state index contributed by atoms with van der Waals surface area (Å²) in [6.07, 6.45) is 18.6. The number of allylic oxidation sites excluding steroid dienone is 1. The molecule has 0 radical (unpaired) electrons. The molecule has 0 amide bonds. The van der Waals surface area contributed by atoms with Gasteiger partial charge in [0, 0.05) is 0 Å². The third kappa shape index (κ3) is 4.20. The molecule has 0 aromatic carbocycles. The first-order chi connectivity index (χ1) is 14.7. The van der Waals surface area contributed by atoms with Crippen LogP contribution in [0.1, 0.15) is 119 Å². The lowest BCUT2D eigenvalue weighted by Crippen LogP contribution is -2.50. The smallest absolute Gasteiger partial charge is 0.0577 e. The maximum absolute atomic E-state index is 10.3. The van der Waals surface area contributed by atoms with Crippen LogP contribution in [-0.4, -0.2) is 11.2 Å². The highest BCUT2D eigenvalue weighted by Gasteiger charge is 2.59. The van der Waals surface area contributed by atoms with Crippen molar-refractivity contribution in [2.75, 3.05) is 0 Å². The summed E-state index contributed by atoms with van der Waals surface area (Å²) in [5.41, 5.74) is 2.59. The fraction of sp³-hybridized carbons (Fsp3) is 0.933. The Morgan fingerprint density at radius 3 is 2.48 bits per heavy atom. The van der Waals surface area contributed by atoms with Crippen LogP contribution in [0, 0.1) is 52.3 Å². The van der Waals surface area contributed by atoms with Crippen molar-refractivity contribution in [3.8, 4) is 0 Å². The van der Waals surface area contributed by atoms with Gasteiger partial charge < -0.3 is 5.11 Å². The van der Waals surface area contributed by atoms with Crippen molar-refractivity contribution >= 4 is 0 Å². The van der Waals surface area contributed by atoms with Gasteiger partial charge in [-0.05, 0) is 104 Å². The van der Waals surface area contributed by atoms with E-state index in [9.17, 15) is 5.11 Å². The monoisotopic (exact) mass is 428 g/mol. The Morgan fingerprint density at radius 2 is 1.77 bits per heavy atom. The molecular formula is C30H52O. The van der Waals surface area contributed by atoms with E-state index in [1.165, 1.54) is 64.2 Å². The first kappa shape index (κ1) is 23.8. The summed E-state index contributed by atoms with van der Waals surface area (Å²) in [4.78, 5) is 0. The molecule has 0 spiro atoms. The predicted molar refractivity (Wildman–Crippen MR) is 133 cm³/mol. The molecule has 1 nitrogen and oxygen atoms in total. The molecule has 0 aromatic rings. The van der Waals surface area contributed by atoms with Crippen LogP contribution in [-0.2, 0) is 0 Å². The van der Waals surface area contributed by atoms with E-state index in [0.717, 1.165) is 54.3 Å². The van der Waals surface area contributed by atoms with Gasteiger partial charge in [0.1, 0.15) is 0 Å². The molecule has 4 aliphatic carbocycles. The van der Waals surface area contributed by atoms with Gasteiger partial charge in [0.2, 0.25) is 0 Å². The van der Waals surface area contributed by atoms with Crippen LogP contribution in [0.4, 0.5) is 0 Å². The number of hydrogen-bond acceptors (Lipinski definition) is 1. The van der Waals surface area contributed by atoms with Gasteiger partial charge in [-0.2, -0.15) is 0 Å². The quantitative estimate of drug-likeness (QED) is 0.403. The van der Waals surface area contributed by atoms with E-state index in [0.29, 0.717) is 10.8 Å². The molecule has 3 fully saturated rings. The maximum Gasteiger partial charge on any atom is 0.0577 e. The molecule has 0 saturated heterocycles. The van der Waals surface area contributed by atoms with E-state index in [1.807, 2.05) is 0 Å². The van der Waals surface area contributed by atoms with Crippen molar-refractivity contribution in [2.24, 2.45) is 52.3 Å². The molecule has 1 N–H and O–H groups in total. The Balaban J connectivity index is 1.42. The zero-order valence-electron chi connectivity index (χ0n) is 21.6. The fourth-order valence-corrected chi connectivity index (χ4v) is 9.53. The third-order valence-corrected chi connectivity index (χ3v) is 11.5. The van der Waals surface area contributed by atoms with Crippen LogP contribution >= 0.6 is 0 Å². The normalized spacial score (nSPS) is 44.3. The molecule has 0 aromatic heterocycles. The first-order valence-corrected chi connectivity index (χ1v) is 14.1. The molecular weight excluding hydrogens is 376 g/mol. The van der Waals surface area contributed by atoms with Crippen LogP contribution < -0.4 is 0 Å². The van der Waals surface area contributed by atoms with Crippen LogP contribution in [0.3, 0.4) is 0 Å². The molecule has 178 valence electrons. The summed E-state index contributed by atoms with van der Waals surface area (Å²) in [7, 11) is 0. The van der Waals surface area contributed by atoms with E-state index in [1.54, 1.807) is 5.57 Å². The van der Waals surface area contributed by atoms with Gasteiger partial charge in [0.25, 0.3) is 0 Å². The number of aliphatic hydroxyl groups excluding tert-OH is 1. The third-order valence-electron chi connectivity index (χ3n) is 11.5. The molecule has 0 aliphatic heterocycles. The van der Waals surface area contributed by atoms with Gasteiger partial charge >= 0.3 is 0 Å². The van der Waals surface area contributed by atoms with Crippen LogP contribution in [0.15, 0.2) is 11.6 Å². The summed E-state index contributed by atoms with van der Waals surface area (Å²) in [6.45, 7) is 15.1. The van der Waals surface area contributed by atoms with Crippen molar-refractivity contribution in [2.45, 2.75) is 125 Å². The number of fused-ring (bicyclic) bond motifs is 5. The van der Waals surface area contributed by atoms with E-state index >= 15 is 0 Å². The lowest BCUT2D eigenvalue weighted by atomic mass is 9.47. The Kier molecular flexibility index (Phi) is 7.04. The number of rotatable bonds is 7. The lowest BCUT2D eigenvalue weighted by Gasteiger charge is -2.58. The van der Waals surface area contributed by atoms with Gasteiger partial charge in [-0.3, -0.25) is 0 Å². The van der Waals surface area contributed by atoms with Crippen LogP contribution in [0.2, 0.25) is 0 Å². The molecule has 9 atom stereocenters. The van der Waals surface area contributed by atoms with E-state index in [-0.39, 0.29) is 6.10 Å². The highest BCUT2D eigenvalue weighted by molar-refractivity contribution is 5.25. The largest absolute Gasteiger partial charge is 0.393 e. The highest BCUT2D eigenvalue weighted by atomic mass is 16.3. The molecule has 4 aliphatic rings. The summed E-state index contributed by atoms with van der Waals surface area (Å²) in [6, 6.07) is 0. The first-order valence-electron chi connectivity index (χ1n) is 14.1. The minimum absolute atomic E-state index is 0.0792. The summed E-state index contributed by atoms with van der Waals surface area (Å²) in [5.74, 6) is 6.34. The second kappa shape index (κ2) is 9.15. The van der Waals surface area contributed by atoms with Crippen LogP contribution in [0.25, 0.3) is 0 Å². The summed E-state index contributed by atoms with van der Waals surface area (Å²) < 4.78 is 0. The molecule has 0 bridgehead atoms. The van der Waals surface area contributed by atoms with Crippen LogP contribution in [0.5, 0.6) is 0 Å². The average Bonchev–Trinajstić information content (AvgIpc) is 3.08. The van der Waals surface area contributed by atoms with E-state index in [2.05, 4.69) is 47.6 Å². The van der Waals surface area contributed by atoms with Gasteiger partial charge in [0.15, 0.2) is 0 Å². The van der Waals surface area contributed by atoms with Gasteiger partial charge in [-0.1, -0.05) is 78.9 Å². The van der Waals surface area contributed by atoms with Gasteiger partial charge in [-0.25, -0.2) is 0 Å². The number of aliphatic hydroxyl groups is 1. The van der Waals surface area contributed by atoms with Crippen molar-refractivity contribution in [3.63, 3.8) is 0 Å². The molecule has 4 rings (SSSR count). The standard InChI is InChI=1S/C30H52O/c1-7-22(20(2)3)10-8-9-21(4)26-13-14-27-25-12-11-23-19-24(31)15-17-29(23,5)28(25)16-18-30(26,27)6/h11,20-22,24-28,31H,7-10,12-19H2,1-6H3. The Bertz CT molecular complexity index is 649. The Labute approximate surface area is 193 Å². The van der Waals surface area contributed by atoms with E-state index < -0.39 is 0 Å². The van der Waals surface area contributed by atoms with Gasteiger partial charge in [0.05, 0.1) is 6.10 Å². The fourth-order valence-electron chi connectivity index (χ4n) is 9.53. The molecule has 31 heavy (non-hydrogen) atoms. The average molecular weight is 429 g/mol. The molecule has 3 saturated carbocycles. The topological polar surface area (TPSA) is 20.2 Å². The molecule has 9 unspecified atom stereocenters. The predicted octanol–water partition coefficient (Wildman–Crippen LogP) is 8.41. The zero-order valence-corrected chi connectivity index (χ0v) is 21.6. The number of hydrogen-bond donors (Lipinski definition) is 1. The van der Waals surface area contributed by atoms with E-state index in [4.69, 9.17) is 0 Å². The SMILES string of the molecule is CCC(CCCC(C)C1CCC2C3CC=C4CC(O)CCC4(C)C3CCC12C)C(C)C. The Morgan fingerprint density at radius 1 is 1.00 bits per heavy atom. The zero-order chi connectivity index (χ0) is 22.4.